The Bertz CT molecular complexity index is 323. The van der Waals surface area contributed by atoms with Gasteiger partial charge in [-0.1, -0.05) is 12.1 Å². The molecule has 4 heteroatoms. The van der Waals surface area contributed by atoms with Crippen molar-refractivity contribution < 1.29 is 13.2 Å². The normalized spacial score (nSPS) is 21.9. The molecule has 82 valence electrons. The summed E-state index contributed by atoms with van der Waals surface area (Å²) < 4.78 is 36.9. The fourth-order valence-electron chi connectivity index (χ4n) is 1.88. The predicted molar refractivity (Wildman–Crippen MR) is 51.7 cm³/mol. The summed E-state index contributed by atoms with van der Waals surface area (Å²) in [4.78, 5) is 0. The maximum absolute atomic E-state index is 12.3. The van der Waals surface area contributed by atoms with Crippen molar-refractivity contribution in [1.29, 1.82) is 0 Å². The molecule has 0 spiro atoms. The quantitative estimate of drug-likeness (QED) is 0.759. The van der Waals surface area contributed by atoms with E-state index in [4.69, 9.17) is 0 Å². The fourth-order valence-corrected chi connectivity index (χ4v) is 1.88. The van der Waals surface area contributed by atoms with Crippen LogP contribution in [0, 0.1) is 0 Å². The molecule has 0 saturated carbocycles. The van der Waals surface area contributed by atoms with Gasteiger partial charge >= 0.3 is 6.18 Å². The van der Waals surface area contributed by atoms with Crippen LogP contribution in [0.3, 0.4) is 0 Å². The Morgan fingerprint density at radius 3 is 2.27 bits per heavy atom. The molecule has 15 heavy (non-hydrogen) atoms. The Morgan fingerprint density at radius 2 is 1.80 bits per heavy atom. The fraction of sp³-hybridized carbons (Fsp3) is 0.455. The summed E-state index contributed by atoms with van der Waals surface area (Å²) in [5, 5.41) is 3.19. The lowest BCUT2D eigenvalue weighted by Gasteiger charge is -2.11. The first-order chi connectivity index (χ1) is 7.07. The number of nitrogens with one attached hydrogen (secondary N) is 1. The van der Waals surface area contributed by atoms with Gasteiger partial charge in [-0.15, -0.1) is 0 Å². The van der Waals surface area contributed by atoms with Gasteiger partial charge in [0.2, 0.25) is 0 Å². The minimum absolute atomic E-state index is 0.368. The van der Waals surface area contributed by atoms with Gasteiger partial charge in [0.1, 0.15) is 0 Å². The van der Waals surface area contributed by atoms with Crippen LogP contribution in [0.2, 0.25) is 0 Å². The Kier molecular flexibility index (Phi) is 2.69. The topological polar surface area (TPSA) is 12.0 Å². The van der Waals surface area contributed by atoms with E-state index in [-0.39, 0.29) is 0 Å². The van der Waals surface area contributed by atoms with Crippen LogP contribution in [0.4, 0.5) is 13.2 Å². The molecule has 1 nitrogen and oxygen atoms in total. The number of halogens is 3. The van der Waals surface area contributed by atoms with Gasteiger partial charge in [-0.05, 0) is 36.6 Å². The standard InChI is InChI=1S/C11H12F3N/c12-11(13,14)10-3-1-8(2-4-10)9-5-6-15-7-9/h1-4,9,15H,5-7H2/t9-/m0/s1. The molecule has 1 aromatic carbocycles. The molecule has 0 unspecified atom stereocenters. The van der Waals surface area contributed by atoms with E-state index in [1.54, 1.807) is 12.1 Å². The van der Waals surface area contributed by atoms with E-state index >= 15 is 0 Å². The van der Waals surface area contributed by atoms with Crippen LogP contribution < -0.4 is 5.32 Å². The molecule has 0 radical (unpaired) electrons. The third kappa shape index (κ3) is 2.31. The molecule has 1 aliphatic heterocycles. The number of hydrogen-bond acceptors (Lipinski definition) is 1. The molecule has 0 bridgehead atoms. The van der Waals surface area contributed by atoms with E-state index in [1.807, 2.05) is 0 Å². The molecule has 0 aromatic heterocycles. The summed E-state index contributed by atoms with van der Waals surface area (Å²) in [5.41, 5.74) is 0.421. The van der Waals surface area contributed by atoms with Crippen molar-refractivity contribution in [3.05, 3.63) is 35.4 Å². The van der Waals surface area contributed by atoms with E-state index in [0.717, 1.165) is 37.2 Å². The van der Waals surface area contributed by atoms with Crippen LogP contribution in [0.5, 0.6) is 0 Å². The number of benzene rings is 1. The first kappa shape index (κ1) is 10.5. The Balaban J connectivity index is 2.16. The van der Waals surface area contributed by atoms with Crippen molar-refractivity contribution >= 4 is 0 Å². The minimum atomic E-state index is -4.23. The average molecular weight is 215 g/mol. The van der Waals surface area contributed by atoms with Crippen LogP contribution in [-0.4, -0.2) is 13.1 Å². The van der Waals surface area contributed by atoms with Crippen molar-refractivity contribution in [1.82, 2.24) is 5.32 Å². The van der Waals surface area contributed by atoms with Crippen molar-refractivity contribution in [3.63, 3.8) is 0 Å². The monoisotopic (exact) mass is 215 g/mol. The maximum Gasteiger partial charge on any atom is 0.416 e. The van der Waals surface area contributed by atoms with Crippen molar-refractivity contribution in [2.45, 2.75) is 18.5 Å². The second-order valence-corrected chi connectivity index (χ2v) is 3.81. The van der Waals surface area contributed by atoms with E-state index < -0.39 is 11.7 Å². The summed E-state index contributed by atoms with van der Waals surface area (Å²) in [6.07, 6.45) is -3.22. The smallest absolute Gasteiger partial charge is 0.316 e. The molecule has 1 N–H and O–H groups in total. The van der Waals surface area contributed by atoms with Gasteiger partial charge in [-0.3, -0.25) is 0 Å². The highest BCUT2D eigenvalue weighted by molar-refractivity contribution is 5.27. The van der Waals surface area contributed by atoms with E-state index in [9.17, 15) is 13.2 Å². The lowest BCUT2D eigenvalue weighted by molar-refractivity contribution is -0.137. The van der Waals surface area contributed by atoms with Gasteiger partial charge < -0.3 is 5.32 Å². The molecule has 1 aromatic rings. The first-order valence-corrected chi connectivity index (χ1v) is 4.95. The molecule has 2 rings (SSSR count). The molecular formula is C11H12F3N. The lowest BCUT2D eigenvalue weighted by atomic mass is 9.97. The summed E-state index contributed by atoms with van der Waals surface area (Å²) >= 11 is 0. The van der Waals surface area contributed by atoms with Crippen molar-refractivity contribution in [2.75, 3.05) is 13.1 Å². The molecule has 0 amide bonds. The minimum Gasteiger partial charge on any atom is -0.316 e. The molecule has 1 fully saturated rings. The summed E-state index contributed by atoms with van der Waals surface area (Å²) in [6.45, 7) is 1.82. The van der Waals surface area contributed by atoms with Gasteiger partial charge in [0.05, 0.1) is 5.56 Å². The molecule has 1 aliphatic rings. The largest absolute Gasteiger partial charge is 0.416 e. The summed E-state index contributed by atoms with van der Waals surface area (Å²) in [5.74, 6) is 0.368. The van der Waals surface area contributed by atoms with Crippen LogP contribution in [-0.2, 0) is 6.18 Å². The number of rotatable bonds is 1. The van der Waals surface area contributed by atoms with Crippen LogP contribution >= 0.6 is 0 Å². The number of hydrogen-bond donors (Lipinski definition) is 1. The Morgan fingerprint density at radius 1 is 1.13 bits per heavy atom. The van der Waals surface area contributed by atoms with Crippen LogP contribution in [0.1, 0.15) is 23.5 Å². The summed E-state index contributed by atoms with van der Waals surface area (Å²) in [6, 6.07) is 5.49. The number of alkyl halides is 3. The zero-order chi connectivity index (χ0) is 10.9. The van der Waals surface area contributed by atoms with Crippen molar-refractivity contribution in [2.24, 2.45) is 0 Å². The molecule has 1 saturated heterocycles. The zero-order valence-corrected chi connectivity index (χ0v) is 8.14. The molecule has 1 atom stereocenters. The van der Waals surface area contributed by atoms with Crippen molar-refractivity contribution in [3.8, 4) is 0 Å². The zero-order valence-electron chi connectivity index (χ0n) is 8.14. The third-order valence-electron chi connectivity index (χ3n) is 2.77. The highest BCUT2D eigenvalue weighted by atomic mass is 19.4. The highest BCUT2D eigenvalue weighted by Gasteiger charge is 2.30. The SMILES string of the molecule is FC(F)(F)c1ccc([C@H]2CCNC2)cc1. The van der Waals surface area contributed by atoms with Crippen LogP contribution in [0.25, 0.3) is 0 Å². The van der Waals surface area contributed by atoms with Gasteiger partial charge in [0.15, 0.2) is 0 Å². The molecular weight excluding hydrogens is 203 g/mol. The lowest BCUT2D eigenvalue weighted by Crippen LogP contribution is -2.09. The Labute approximate surface area is 86.3 Å². The predicted octanol–water partition coefficient (Wildman–Crippen LogP) is 2.78. The Hall–Kier alpha value is -1.03. The van der Waals surface area contributed by atoms with Gasteiger partial charge in [-0.2, -0.15) is 13.2 Å². The average Bonchev–Trinajstić information content (AvgIpc) is 2.69. The van der Waals surface area contributed by atoms with Gasteiger partial charge in [-0.25, -0.2) is 0 Å². The van der Waals surface area contributed by atoms with E-state index in [0.29, 0.717) is 5.92 Å². The van der Waals surface area contributed by atoms with E-state index in [1.165, 1.54) is 0 Å². The van der Waals surface area contributed by atoms with Gasteiger partial charge in [0, 0.05) is 6.54 Å². The summed E-state index contributed by atoms with van der Waals surface area (Å²) in [7, 11) is 0. The van der Waals surface area contributed by atoms with Gasteiger partial charge in [0.25, 0.3) is 0 Å². The van der Waals surface area contributed by atoms with Crippen LogP contribution in [0.15, 0.2) is 24.3 Å². The highest BCUT2D eigenvalue weighted by Crippen LogP contribution is 2.31. The maximum atomic E-state index is 12.3. The van der Waals surface area contributed by atoms with E-state index in [2.05, 4.69) is 5.32 Å². The molecule has 1 heterocycles. The second-order valence-electron chi connectivity index (χ2n) is 3.81. The first-order valence-electron chi connectivity index (χ1n) is 4.95. The third-order valence-corrected chi connectivity index (χ3v) is 2.77. The molecule has 0 aliphatic carbocycles. The second kappa shape index (κ2) is 3.85.